The number of hydrogen-bond acceptors (Lipinski definition) is 5. The van der Waals surface area contributed by atoms with Crippen molar-refractivity contribution in [2.75, 3.05) is 13.1 Å². The molecule has 0 spiro atoms. The fraction of sp³-hybridized carbons (Fsp3) is 0.333. The van der Waals surface area contributed by atoms with Gasteiger partial charge in [-0.3, -0.25) is 9.36 Å². The molecule has 2 heterocycles. The number of benzene rings is 2. The fourth-order valence-electron chi connectivity index (χ4n) is 4.37. The van der Waals surface area contributed by atoms with Crippen LogP contribution in [0.2, 0.25) is 5.02 Å². The molecule has 2 aromatic carbocycles. The molecule has 4 rings (SSSR count). The highest BCUT2D eigenvalue weighted by molar-refractivity contribution is 6.33. The van der Waals surface area contributed by atoms with Crippen molar-refractivity contribution < 1.29 is 4.79 Å². The molecule has 0 fully saturated rings. The topological polar surface area (TPSA) is 98.5 Å². The first-order chi connectivity index (χ1) is 17.3. The van der Waals surface area contributed by atoms with E-state index in [-0.39, 0.29) is 34.7 Å². The summed E-state index contributed by atoms with van der Waals surface area (Å²) in [5.41, 5.74) is 8.33. The van der Waals surface area contributed by atoms with Gasteiger partial charge in [-0.15, -0.1) is 0 Å². The zero-order valence-electron chi connectivity index (χ0n) is 20.8. The molecule has 0 saturated heterocycles. The van der Waals surface area contributed by atoms with Crippen LogP contribution in [0.1, 0.15) is 53.6 Å². The summed E-state index contributed by atoms with van der Waals surface area (Å²) < 4.78 is 2.80. The third-order valence-electron chi connectivity index (χ3n) is 6.19. The van der Waals surface area contributed by atoms with Gasteiger partial charge in [0.05, 0.1) is 18.8 Å². The van der Waals surface area contributed by atoms with Crippen LogP contribution in [0.4, 0.5) is 0 Å². The molecule has 0 unspecified atom stereocenters. The first-order valence-corrected chi connectivity index (χ1v) is 12.4. The highest BCUT2D eigenvalue weighted by Gasteiger charge is 2.33. The molecular formula is C27H31ClN6O2. The van der Waals surface area contributed by atoms with Crippen LogP contribution in [0.5, 0.6) is 0 Å². The van der Waals surface area contributed by atoms with Gasteiger partial charge in [-0.05, 0) is 43.5 Å². The summed E-state index contributed by atoms with van der Waals surface area (Å²) in [6, 6.07) is 16.6. The third kappa shape index (κ3) is 5.20. The molecule has 0 radical (unpaired) electrons. The summed E-state index contributed by atoms with van der Waals surface area (Å²) in [5, 5.41) is 4.42. The minimum atomic E-state index is -0.502. The molecule has 1 atom stereocenters. The number of amides is 1. The van der Waals surface area contributed by atoms with Gasteiger partial charge in [0.2, 0.25) is 0 Å². The second kappa shape index (κ2) is 11.1. The van der Waals surface area contributed by atoms with E-state index in [1.807, 2.05) is 75.4 Å². The van der Waals surface area contributed by atoms with Crippen molar-refractivity contribution in [1.82, 2.24) is 24.1 Å². The van der Waals surface area contributed by atoms with Gasteiger partial charge >= 0.3 is 5.69 Å². The zero-order chi connectivity index (χ0) is 25.8. The van der Waals surface area contributed by atoms with Crippen molar-refractivity contribution in [1.29, 1.82) is 0 Å². The van der Waals surface area contributed by atoms with Crippen LogP contribution in [-0.2, 0) is 6.54 Å². The molecule has 36 heavy (non-hydrogen) atoms. The fourth-order valence-corrected chi connectivity index (χ4v) is 4.54. The first-order valence-electron chi connectivity index (χ1n) is 12.1. The number of nitrogens with two attached hydrogens (primary N) is 1. The predicted octanol–water partition coefficient (Wildman–Crippen LogP) is 4.09. The minimum Gasteiger partial charge on any atom is -0.330 e. The van der Waals surface area contributed by atoms with Crippen LogP contribution in [0.3, 0.4) is 0 Å². The van der Waals surface area contributed by atoms with Gasteiger partial charge in [0.1, 0.15) is 10.8 Å². The summed E-state index contributed by atoms with van der Waals surface area (Å²) in [6.45, 7) is 7.15. The van der Waals surface area contributed by atoms with Gasteiger partial charge in [0.15, 0.2) is 5.65 Å². The number of nitrogens with zero attached hydrogens (tertiary/aromatic N) is 5. The van der Waals surface area contributed by atoms with Gasteiger partial charge in [0, 0.05) is 12.1 Å². The molecule has 4 aromatic rings. The Bertz CT molecular complexity index is 1400. The number of carbonyl (C=O) groups is 1. The number of carbonyl (C=O) groups excluding carboxylic acids is 1. The Hall–Kier alpha value is -3.49. The number of aromatic nitrogens is 4. The number of halogens is 1. The molecule has 9 heteroatoms. The Morgan fingerprint density at radius 2 is 1.81 bits per heavy atom. The third-order valence-corrected chi connectivity index (χ3v) is 6.45. The molecular weight excluding hydrogens is 476 g/mol. The van der Waals surface area contributed by atoms with Gasteiger partial charge in [-0.2, -0.15) is 9.61 Å². The van der Waals surface area contributed by atoms with E-state index >= 15 is 0 Å². The lowest BCUT2D eigenvalue weighted by Gasteiger charge is -2.35. The normalized spacial score (nSPS) is 12.3. The number of hydrogen-bond donors (Lipinski definition) is 1. The highest BCUT2D eigenvalue weighted by Crippen LogP contribution is 2.30. The maximum Gasteiger partial charge on any atom is 0.352 e. The minimum absolute atomic E-state index is 0.0600. The Morgan fingerprint density at radius 1 is 1.11 bits per heavy atom. The largest absolute Gasteiger partial charge is 0.352 e. The lowest BCUT2D eigenvalue weighted by molar-refractivity contribution is 0.0601. The van der Waals surface area contributed by atoms with Crippen molar-refractivity contribution in [2.45, 2.75) is 39.8 Å². The van der Waals surface area contributed by atoms with Crippen LogP contribution in [0.25, 0.3) is 5.65 Å². The number of fused-ring (bicyclic) bond motifs is 1. The van der Waals surface area contributed by atoms with Gasteiger partial charge in [-0.25, -0.2) is 9.78 Å². The Labute approximate surface area is 215 Å². The second-order valence-corrected chi connectivity index (χ2v) is 9.66. The molecule has 2 N–H and O–H groups in total. The smallest absolute Gasteiger partial charge is 0.330 e. The van der Waals surface area contributed by atoms with E-state index in [1.54, 1.807) is 9.47 Å². The Kier molecular flexibility index (Phi) is 7.86. The summed E-state index contributed by atoms with van der Waals surface area (Å²) in [5.74, 6) is 0.267. The Balaban J connectivity index is 1.91. The first kappa shape index (κ1) is 25.6. The van der Waals surface area contributed by atoms with E-state index in [1.165, 1.54) is 10.7 Å². The predicted molar refractivity (Wildman–Crippen MR) is 141 cm³/mol. The summed E-state index contributed by atoms with van der Waals surface area (Å²) in [7, 11) is 0. The lowest BCUT2D eigenvalue weighted by atomic mass is 9.99. The van der Waals surface area contributed by atoms with Crippen LogP contribution in [-0.4, -0.2) is 43.1 Å². The van der Waals surface area contributed by atoms with Crippen molar-refractivity contribution in [3.05, 3.63) is 98.8 Å². The van der Waals surface area contributed by atoms with Crippen LogP contribution >= 0.6 is 11.6 Å². The molecule has 188 valence electrons. The van der Waals surface area contributed by atoms with Gasteiger partial charge in [0.25, 0.3) is 5.91 Å². The molecule has 0 saturated carbocycles. The molecule has 0 bridgehead atoms. The summed E-state index contributed by atoms with van der Waals surface area (Å²) in [6.07, 6.45) is 2.02. The maximum atomic E-state index is 13.8. The van der Waals surface area contributed by atoms with E-state index < -0.39 is 6.04 Å². The SMILES string of the molecule is Cc1ccc(C(=O)N(CCCN)[C@H](c2nc3c(Cl)cnn3c(=O)n2Cc2ccccc2)C(C)C)cc1. The van der Waals surface area contributed by atoms with Crippen molar-refractivity contribution in [3.63, 3.8) is 0 Å². The summed E-state index contributed by atoms with van der Waals surface area (Å²) >= 11 is 6.36. The van der Waals surface area contributed by atoms with Crippen molar-refractivity contribution in [3.8, 4) is 0 Å². The average Bonchev–Trinajstić information content (AvgIpc) is 3.24. The molecule has 0 aliphatic rings. The Morgan fingerprint density at radius 3 is 2.44 bits per heavy atom. The van der Waals surface area contributed by atoms with Crippen molar-refractivity contribution >= 4 is 23.2 Å². The van der Waals surface area contributed by atoms with Gasteiger partial charge in [-0.1, -0.05) is 73.5 Å². The highest BCUT2D eigenvalue weighted by atomic mass is 35.5. The van der Waals surface area contributed by atoms with Crippen molar-refractivity contribution in [2.24, 2.45) is 11.7 Å². The molecule has 8 nitrogen and oxygen atoms in total. The number of aryl methyl sites for hydroxylation is 1. The monoisotopic (exact) mass is 506 g/mol. The van der Waals surface area contributed by atoms with Crippen LogP contribution in [0, 0.1) is 12.8 Å². The zero-order valence-corrected chi connectivity index (χ0v) is 21.5. The standard InChI is InChI=1S/C27H31ClN6O2/c1-18(2)23(32(15-7-14-29)26(35)21-12-10-19(3)11-13-21)25-31-24-22(28)16-30-34(24)27(36)33(25)17-20-8-5-4-6-9-20/h4-6,8-13,16,18,23H,7,14-15,17,29H2,1-3H3/t23-/m0/s1. The van der Waals surface area contributed by atoms with E-state index in [9.17, 15) is 9.59 Å². The second-order valence-electron chi connectivity index (χ2n) is 9.25. The summed E-state index contributed by atoms with van der Waals surface area (Å²) in [4.78, 5) is 34.1. The van der Waals surface area contributed by atoms with E-state index in [0.29, 0.717) is 30.9 Å². The van der Waals surface area contributed by atoms with Gasteiger partial charge < -0.3 is 10.6 Å². The van der Waals surface area contributed by atoms with E-state index in [0.717, 1.165) is 11.1 Å². The van der Waals surface area contributed by atoms with Crippen LogP contribution in [0.15, 0.2) is 65.6 Å². The average molecular weight is 507 g/mol. The molecule has 0 aliphatic heterocycles. The van der Waals surface area contributed by atoms with E-state index in [4.69, 9.17) is 22.3 Å². The number of rotatable bonds is 9. The molecule has 0 aliphatic carbocycles. The quantitative estimate of drug-likeness (QED) is 0.368. The lowest BCUT2D eigenvalue weighted by Crippen LogP contribution is -2.43. The molecule has 2 aromatic heterocycles. The van der Waals surface area contributed by atoms with Crippen LogP contribution < -0.4 is 11.4 Å². The molecule has 1 amide bonds. The van der Waals surface area contributed by atoms with E-state index in [2.05, 4.69) is 5.10 Å². The maximum absolute atomic E-state index is 13.8.